The van der Waals surface area contributed by atoms with Gasteiger partial charge in [-0.15, -0.1) is 11.3 Å². The van der Waals surface area contributed by atoms with Gasteiger partial charge in [-0.05, 0) is 46.4 Å². The Morgan fingerprint density at radius 1 is 0.509 bits per heavy atom. The minimum Gasteiger partial charge on any atom is -0.455 e. The molecule has 0 N–H and O–H groups in total. The minimum atomic E-state index is -0.515. The van der Waals surface area contributed by atoms with Crippen LogP contribution in [-0.2, 0) is 5.41 Å². The van der Waals surface area contributed by atoms with Gasteiger partial charge in [-0.3, -0.25) is 0 Å². The zero-order valence-electron chi connectivity index (χ0n) is 30.8. The predicted molar refractivity (Wildman–Crippen MR) is 232 cm³/mol. The molecule has 4 nitrogen and oxygen atoms in total. The van der Waals surface area contributed by atoms with Gasteiger partial charge in [-0.25, -0.2) is 15.0 Å². The summed E-state index contributed by atoms with van der Waals surface area (Å²) in [7, 11) is 0. The van der Waals surface area contributed by atoms with E-state index in [2.05, 4.69) is 164 Å². The molecule has 1 atom stereocenters. The van der Waals surface area contributed by atoms with Crippen LogP contribution in [0.1, 0.15) is 46.0 Å². The topological polar surface area (TPSA) is 47.9 Å². The van der Waals surface area contributed by atoms with Crippen LogP contribution < -0.4 is 4.74 Å². The number of benzene rings is 7. The van der Waals surface area contributed by atoms with Gasteiger partial charge in [0, 0.05) is 49.2 Å². The van der Waals surface area contributed by atoms with Crippen molar-refractivity contribution in [2.45, 2.75) is 17.8 Å². The summed E-state index contributed by atoms with van der Waals surface area (Å²) >= 11 is 1.76. The van der Waals surface area contributed by atoms with Crippen molar-refractivity contribution in [2.24, 2.45) is 0 Å². The fourth-order valence-corrected chi connectivity index (χ4v) is 10.7. The maximum absolute atomic E-state index is 7.05. The van der Waals surface area contributed by atoms with Crippen molar-refractivity contribution in [1.29, 1.82) is 0 Å². The van der Waals surface area contributed by atoms with Crippen LogP contribution >= 0.6 is 11.3 Å². The lowest BCUT2D eigenvalue weighted by Gasteiger charge is -2.39. The van der Waals surface area contributed by atoms with Crippen LogP contribution in [0.3, 0.4) is 0 Å². The highest BCUT2D eigenvalue weighted by molar-refractivity contribution is 7.26. The number of aromatic nitrogens is 3. The molecule has 0 amide bonds. The molecular weight excluding hydrogens is 715 g/mol. The summed E-state index contributed by atoms with van der Waals surface area (Å²) in [5.74, 6) is 4.12. The zero-order chi connectivity index (χ0) is 37.5. The van der Waals surface area contributed by atoms with E-state index in [1.165, 1.54) is 33.4 Å². The van der Waals surface area contributed by atoms with E-state index in [9.17, 15) is 0 Å². The van der Waals surface area contributed by atoms with Crippen molar-refractivity contribution in [3.63, 3.8) is 0 Å². The zero-order valence-corrected chi connectivity index (χ0v) is 31.6. The molecule has 0 saturated heterocycles. The number of rotatable bonds is 4. The second kappa shape index (κ2) is 12.5. The highest BCUT2D eigenvalue weighted by atomic mass is 32.1. The van der Waals surface area contributed by atoms with E-state index in [1.54, 1.807) is 11.3 Å². The second-order valence-corrected chi connectivity index (χ2v) is 16.0. The van der Waals surface area contributed by atoms with Crippen molar-refractivity contribution in [3.05, 3.63) is 216 Å². The quantitative estimate of drug-likeness (QED) is 0.180. The first kappa shape index (κ1) is 32.3. The maximum atomic E-state index is 7.05. The molecule has 0 bridgehead atoms. The Morgan fingerprint density at radius 3 is 1.89 bits per heavy atom. The largest absolute Gasteiger partial charge is 0.455 e. The molecule has 7 aromatic carbocycles. The molecular formula is C52H33N3OS. The fraction of sp³-hybridized carbons (Fsp3) is 0.0577. The Balaban J connectivity index is 1.06. The third kappa shape index (κ3) is 4.76. The molecule has 0 fully saturated rings. The van der Waals surface area contributed by atoms with Gasteiger partial charge in [0.15, 0.2) is 17.5 Å². The molecule has 1 unspecified atom stereocenters. The Kier molecular flexibility index (Phi) is 7.10. The van der Waals surface area contributed by atoms with Gasteiger partial charge in [0.2, 0.25) is 0 Å². The predicted octanol–water partition coefficient (Wildman–Crippen LogP) is 13.2. The fourth-order valence-electron chi connectivity index (χ4n) is 9.42. The average Bonchev–Trinajstić information content (AvgIpc) is 3.82. The maximum Gasteiger partial charge on any atom is 0.165 e. The summed E-state index contributed by atoms with van der Waals surface area (Å²) < 4.78 is 9.29. The van der Waals surface area contributed by atoms with Crippen LogP contribution in [0, 0.1) is 0 Å². The normalized spacial score (nSPS) is 15.8. The number of thiophene rings is 1. The number of para-hydroxylation sites is 1. The SMILES string of the molecule is C1=CC(c2ccccc2)CC=C1c1nc(-c2ccccc2)nc(-c2cccc3c2sc2c4c(ccc23)C2(c3ccccc3O4)c3ccccc3-c3ccccc32)n1. The van der Waals surface area contributed by atoms with Crippen molar-refractivity contribution in [2.75, 3.05) is 0 Å². The lowest BCUT2D eigenvalue weighted by molar-refractivity contribution is 0.442. The Morgan fingerprint density at radius 2 is 1.14 bits per heavy atom. The Hall–Kier alpha value is -6.95. The minimum absolute atomic E-state index is 0.322. The first-order valence-electron chi connectivity index (χ1n) is 19.5. The van der Waals surface area contributed by atoms with Crippen molar-refractivity contribution < 1.29 is 4.74 Å². The van der Waals surface area contributed by atoms with E-state index in [0.29, 0.717) is 23.4 Å². The molecule has 1 aliphatic heterocycles. The van der Waals surface area contributed by atoms with Crippen molar-refractivity contribution in [3.8, 4) is 45.4 Å². The smallest absolute Gasteiger partial charge is 0.165 e. The molecule has 2 aromatic heterocycles. The third-order valence-electron chi connectivity index (χ3n) is 12.0. The summed E-state index contributed by atoms with van der Waals surface area (Å²) in [6.45, 7) is 0. The highest BCUT2D eigenvalue weighted by Gasteiger charge is 2.51. The summed E-state index contributed by atoms with van der Waals surface area (Å²) in [5, 5.41) is 2.32. The van der Waals surface area contributed by atoms with E-state index in [-0.39, 0.29) is 0 Å². The van der Waals surface area contributed by atoms with Gasteiger partial charge in [-0.2, -0.15) is 0 Å². The molecule has 0 saturated carbocycles. The molecule has 12 rings (SSSR count). The summed E-state index contributed by atoms with van der Waals surface area (Å²) in [6, 6.07) is 58.3. The van der Waals surface area contributed by atoms with E-state index in [1.807, 2.05) is 18.2 Å². The molecule has 9 aromatic rings. The van der Waals surface area contributed by atoms with Crippen LogP contribution in [0.4, 0.5) is 0 Å². The number of allylic oxidation sites excluding steroid dienone is 4. The van der Waals surface area contributed by atoms with Gasteiger partial charge < -0.3 is 4.74 Å². The van der Waals surface area contributed by atoms with Gasteiger partial charge in [0.25, 0.3) is 0 Å². The summed E-state index contributed by atoms with van der Waals surface area (Å²) in [5.41, 5.74) is 11.2. The van der Waals surface area contributed by atoms with Crippen LogP contribution in [0.25, 0.3) is 59.6 Å². The Bertz CT molecular complexity index is 3100. The van der Waals surface area contributed by atoms with Crippen LogP contribution in [0.2, 0.25) is 0 Å². The van der Waals surface area contributed by atoms with Crippen LogP contribution in [0.15, 0.2) is 182 Å². The number of nitrogens with zero attached hydrogens (tertiary/aromatic N) is 3. The molecule has 3 aliphatic rings. The van der Waals surface area contributed by atoms with Gasteiger partial charge >= 0.3 is 0 Å². The van der Waals surface area contributed by atoms with Gasteiger partial charge in [0.05, 0.1) is 10.1 Å². The van der Waals surface area contributed by atoms with E-state index >= 15 is 0 Å². The molecule has 1 spiro atoms. The van der Waals surface area contributed by atoms with E-state index in [4.69, 9.17) is 19.7 Å². The van der Waals surface area contributed by atoms with E-state index < -0.39 is 5.41 Å². The first-order chi connectivity index (χ1) is 28.3. The van der Waals surface area contributed by atoms with E-state index in [0.717, 1.165) is 60.4 Å². The van der Waals surface area contributed by atoms with Crippen LogP contribution in [-0.4, -0.2) is 15.0 Å². The van der Waals surface area contributed by atoms with Crippen molar-refractivity contribution in [1.82, 2.24) is 15.0 Å². The first-order valence-corrected chi connectivity index (χ1v) is 20.3. The number of ether oxygens (including phenoxy) is 1. The summed E-state index contributed by atoms with van der Waals surface area (Å²) in [4.78, 5) is 15.5. The molecule has 268 valence electrons. The van der Waals surface area contributed by atoms with Crippen LogP contribution in [0.5, 0.6) is 11.5 Å². The third-order valence-corrected chi connectivity index (χ3v) is 13.2. The van der Waals surface area contributed by atoms with Gasteiger partial charge in [0.1, 0.15) is 11.5 Å². The van der Waals surface area contributed by atoms with Gasteiger partial charge in [-0.1, -0.05) is 170 Å². The molecule has 5 heteroatoms. The molecule has 0 radical (unpaired) electrons. The number of fused-ring (bicyclic) bond motifs is 13. The average molecular weight is 748 g/mol. The standard InChI is InChI=1S/C52H33N3OS/c1-3-14-32(15-4-1)33-26-28-35(29-27-33)50-53-49(34-16-5-2-6-17-34)54-51(55-50)40-21-13-20-38-39-30-31-44-46(48(39)57-47(38)40)56-45-25-12-11-24-43(45)52(44)41-22-9-7-18-36(41)37-19-8-10-23-42(37)52/h1-26,28-31,33H,27H2. The monoisotopic (exact) mass is 747 g/mol. The lowest BCUT2D eigenvalue weighted by atomic mass is 9.66. The summed E-state index contributed by atoms with van der Waals surface area (Å²) in [6.07, 6.45) is 7.60. The number of hydrogen-bond donors (Lipinski definition) is 0. The van der Waals surface area contributed by atoms with Crippen molar-refractivity contribution >= 4 is 37.1 Å². The molecule has 3 heterocycles. The molecule has 57 heavy (non-hydrogen) atoms. The molecule has 2 aliphatic carbocycles. The highest BCUT2D eigenvalue weighted by Crippen LogP contribution is 2.63. The second-order valence-electron chi connectivity index (χ2n) is 15.0. The Labute approximate surface area is 334 Å². The lowest BCUT2D eigenvalue weighted by Crippen LogP contribution is -2.32. The number of hydrogen-bond acceptors (Lipinski definition) is 5.